The average molecular weight is 383 g/mol. The fourth-order valence-electron chi connectivity index (χ4n) is 2.61. The van der Waals surface area contributed by atoms with Crippen LogP contribution in [0.4, 0.5) is 13.2 Å². The van der Waals surface area contributed by atoms with Crippen LogP contribution in [0.25, 0.3) is 5.03 Å². The Balaban J connectivity index is 1.82. The number of carbonyl (C=O) groups excluding carboxylic acids is 1. The van der Waals surface area contributed by atoms with Crippen LogP contribution in [0, 0.1) is 6.92 Å². The Morgan fingerprint density at radius 2 is 2.00 bits per heavy atom. The number of hydrogen-bond acceptors (Lipinski definition) is 3. The van der Waals surface area contributed by atoms with Crippen LogP contribution in [0.1, 0.15) is 22.3 Å². The van der Waals surface area contributed by atoms with Crippen molar-refractivity contribution in [1.82, 2.24) is 0 Å². The molecule has 26 heavy (non-hydrogen) atoms. The predicted octanol–water partition coefficient (Wildman–Crippen LogP) is 5.13. The molecule has 0 fully saturated rings. The molecule has 3 rings (SSSR count). The largest absolute Gasteiger partial charge is 0.489 e. The van der Waals surface area contributed by atoms with Gasteiger partial charge in [0, 0.05) is 22.8 Å². The van der Waals surface area contributed by atoms with Crippen molar-refractivity contribution in [3.63, 3.8) is 0 Å². The lowest BCUT2D eigenvalue weighted by Crippen LogP contribution is -2.12. The minimum Gasteiger partial charge on any atom is -0.489 e. The number of alkyl halides is 3. The fourth-order valence-corrected chi connectivity index (χ4v) is 2.87. The third-order valence-electron chi connectivity index (χ3n) is 3.96. The van der Waals surface area contributed by atoms with Gasteiger partial charge < -0.3 is 9.47 Å². The molecule has 0 atom stereocenters. The van der Waals surface area contributed by atoms with Crippen LogP contribution >= 0.6 is 11.6 Å². The van der Waals surface area contributed by atoms with Crippen molar-refractivity contribution < 1.29 is 27.4 Å². The Morgan fingerprint density at radius 3 is 2.69 bits per heavy atom. The van der Waals surface area contributed by atoms with Crippen molar-refractivity contribution in [2.75, 3.05) is 6.61 Å². The highest BCUT2D eigenvalue weighted by Gasteiger charge is 2.33. The standard InChI is InChI=1S/C19H14ClF3O3/c1-11-2-3-12(16(6-11)19(21,22)23)9-25-14-4-5-15-17(7-14)26-10-13(8-24)18(15)20/h2-8H,9-10H2,1H3. The summed E-state index contributed by atoms with van der Waals surface area (Å²) < 4.78 is 50.5. The highest BCUT2D eigenvalue weighted by Crippen LogP contribution is 2.38. The first-order valence-corrected chi connectivity index (χ1v) is 8.08. The lowest BCUT2D eigenvalue weighted by molar-refractivity contribution is -0.138. The van der Waals surface area contributed by atoms with Gasteiger partial charge in [0.25, 0.3) is 0 Å². The van der Waals surface area contributed by atoms with E-state index in [-0.39, 0.29) is 18.8 Å². The van der Waals surface area contributed by atoms with Crippen LogP contribution < -0.4 is 9.47 Å². The summed E-state index contributed by atoms with van der Waals surface area (Å²) in [6.45, 7) is 1.40. The van der Waals surface area contributed by atoms with Crippen LogP contribution in [0.15, 0.2) is 42.0 Å². The number of fused-ring (bicyclic) bond motifs is 1. The summed E-state index contributed by atoms with van der Waals surface area (Å²) >= 11 is 6.13. The molecule has 0 saturated carbocycles. The monoisotopic (exact) mass is 382 g/mol. The minimum atomic E-state index is -4.45. The first-order chi connectivity index (χ1) is 12.3. The number of benzene rings is 2. The van der Waals surface area contributed by atoms with Gasteiger partial charge in [0.1, 0.15) is 24.7 Å². The summed E-state index contributed by atoms with van der Waals surface area (Å²) in [6.07, 6.45) is -3.82. The molecule has 1 aliphatic heterocycles. The van der Waals surface area contributed by atoms with E-state index in [1.807, 2.05) is 0 Å². The summed E-state index contributed by atoms with van der Waals surface area (Å²) in [4.78, 5) is 10.9. The maximum Gasteiger partial charge on any atom is 0.416 e. The molecule has 0 aromatic heterocycles. The lowest BCUT2D eigenvalue weighted by Gasteiger charge is -2.19. The molecule has 0 bridgehead atoms. The molecule has 1 heterocycles. The predicted molar refractivity (Wildman–Crippen MR) is 91.3 cm³/mol. The smallest absolute Gasteiger partial charge is 0.416 e. The lowest BCUT2D eigenvalue weighted by atomic mass is 10.0. The van der Waals surface area contributed by atoms with Gasteiger partial charge in [-0.05, 0) is 25.1 Å². The molecule has 0 saturated heterocycles. The highest BCUT2D eigenvalue weighted by molar-refractivity contribution is 6.51. The third-order valence-corrected chi connectivity index (χ3v) is 4.41. The zero-order valence-electron chi connectivity index (χ0n) is 13.7. The van der Waals surface area contributed by atoms with Gasteiger partial charge in [-0.25, -0.2) is 0 Å². The SMILES string of the molecule is Cc1ccc(COc2ccc3c(c2)OCC(C=O)=C3Cl)c(C(F)(F)F)c1. The second-order valence-corrected chi connectivity index (χ2v) is 6.23. The van der Waals surface area contributed by atoms with Crippen molar-refractivity contribution >= 4 is 22.9 Å². The maximum atomic E-state index is 13.2. The van der Waals surface area contributed by atoms with Gasteiger partial charge in [0.15, 0.2) is 6.29 Å². The number of rotatable bonds is 4. The summed E-state index contributed by atoms with van der Waals surface area (Å²) in [5.41, 5.74) is 0.730. The van der Waals surface area contributed by atoms with E-state index in [4.69, 9.17) is 21.1 Å². The number of carbonyl (C=O) groups is 1. The number of aldehydes is 1. The second-order valence-electron chi connectivity index (χ2n) is 5.85. The maximum absolute atomic E-state index is 13.2. The molecule has 136 valence electrons. The normalized spacial score (nSPS) is 13.9. The molecule has 2 aromatic carbocycles. The Labute approximate surface area is 153 Å². The van der Waals surface area contributed by atoms with Crippen molar-refractivity contribution in [2.24, 2.45) is 0 Å². The van der Waals surface area contributed by atoms with Crippen molar-refractivity contribution in [3.8, 4) is 11.5 Å². The molecule has 1 aliphatic rings. The van der Waals surface area contributed by atoms with Crippen LogP contribution in [0.3, 0.4) is 0 Å². The summed E-state index contributed by atoms with van der Waals surface area (Å²) in [6, 6.07) is 8.83. The van der Waals surface area contributed by atoms with E-state index in [1.165, 1.54) is 6.07 Å². The molecular weight excluding hydrogens is 369 g/mol. The topological polar surface area (TPSA) is 35.5 Å². The molecule has 2 aromatic rings. The Hall–Kier alpha value is -2.47. The van der Waals surface area contributed by atoms with Crippen LogP contribution in [-0.4, -0.2) is 12.9 Å². The van der Waals surface area contributed by atoms with Gasteiger partial charge in [0.2, 0.25) is 0 Å². The number of ether oxygens (including phenoxy) is 2. The quantitative estimate of drug-likeness (QED) is 0.687. The van der Waals surface area contributed by atoms with E-state index in [2.05, 4.69) is 0 Å². The summed E-state index contributed by atoms with van der Waals surface area (Å²) in [5.74, 6) is 0.759. The van der Waals surface area contributed by atoms with Gasteiger partial charge in [-0.15, -0.1) is 0 Å². The van der Waals surface area contributed by atoms with Crippen molar-refractivity contribution in [2.45, 2.75) is 19.7 Å². The first-order valence-electron chi connectivity index (χ1n) is 7.70. The molecule has 0 amide bonds. The zero-order chi connectivity index (χ0) is 18.9. The molecule has 0 spiro atoms. The van der Waals surface area contributed by atoms with Crippen LogP contribution in [-0.2, 0) is 17.6 Å². The molecule has 7 heteroatoms. The summed E-state index contributed by atoms with van der Waals surface area (Å²) in [5, 5.41) is 0.297. The Bertz CT molecular complexity index is 888. The van der Waals surface area contributed by atoms with Gasteiger partial charge in [0.05, 0.1) is 10.6 Å². The van der Waals surface area contributed by atoms with E-state index in [9.17, 15) is 18.0 Å². The Kier molecular flexibility index (Phi) is 4.96. The number of aryl methyl sites for hydroxylation is 1. The minimum absolute atomic E-state index is 0.0367. The second kappa shape index (κ2) is 7.03. The number of halogens is 4. The highest BCUT2D eigenvalue weighted by atomic mass is 35.5. The molecular formula is C19H14ClF3O3. The van der Waals surface area contributed by atoms with Crippen LogP contribution in [0.2, 0.25) is 0 Å². The fraction of sp³-hybridized carbons (Fsp3) is 0.211. The first kappa shape index (κ1) is 18.3. The van der Waals surface area contributed by atoms with Gasteiger partial charge in [-0.2, -0.15) is 13.2 Å². The van der Waals surface area contributed by atoms with E-state index >= 15 is 0 Å². The zero-order valence-corrected chi connectivity index (χ0v) is 14.4. The third kappa shape index (κ3) is 3.70. The molecule has 0 radical (unpaired) electrons. The Morgan fingerprint density at radius 1 is 1.23 bits per heavy atom. The van der Waals surface area contributed by atoms with Crippen molar-refractivity contribution in [3.05, 3.63) is 64.2 Å². The van der Waals surface area contributed by atoms with E-state index in [1.54, 1.807) is 31.2 Å². The van der Waals surface area contributed by atoms with Gasteiger partial charge in [-0.3, -0.25) is 4.79 Å². The molecule has 3 nitrogen and oxygen atoms in total. The van der Waals surface area contributed by atoms with Gasteiger partial charge in [-0.1, -0.05) is 29.3 Å². The number of hydrogen-bond donors (Lipinski definition) is 0. The van der Waals surface area contributed by atoms with Gasteiger partial charge >= 0.3 is 6.18 Å². The average Bonchev–Trinajstić information content (AvgIpc) is 2.60. The van der Waals surface area contributed by atoms with Crippen LogP contribution in [0.5, 0.6) is 11.5 Å². The molecule has 0 aliphatic carbocycles. The van der Waals surface area contributed by atoms with Crippen molar-refractivity contribution in [1.29, 1.82) is 0 Å². The summed E-state index contributed by atoms with van der Waals surface area (Å²) in [7, 11) is 0. The van der Waals surface area contributed by atoms with E-state index < -0.39 is 11.7 Å². The van der Waals surface area contributed by atoms with E-state index in [0.29, 0.717) is 39.5 Å². The molecule has 0 unspecified atom stereocenters. The molecule has 0 N–H and O–H groups in total. The van der Waals surface area contributed by atoms with E-state index in [0.717, 1.165) is 6.07 Å².